The number of pyridine rings is 1. The van der Waals surface area contributed by atoms with Crippen LogP contribution in [0.15, 0.2) is 42.6 Å². The van der Waals surface area contributed by atoms with Crippen LogP contribution >= 0.6 is 0 Å². The minimum Gasteiger partial charge on any atom is -0.380 e. The summed E-state index contributed by atoms with van der Waals surface area (Å²) in [5, 5.41) is 3.47. The van der Waals surface area contributed by atoms with Crippen LogP contribution in [-0.2, 0) is 0 Å². The van der Waals surface area contributed by atoms with Crippen LogP contribution in [0.5, 0.6) is 0 Å². The Balaban J connectivity index is 1.14. The summed E-state index contributed by atoms with van der Waals surface area (Å²) in [5.74, 6) is 1.03. The number of anilines is 2. The van der Waals surface area contributed by atoms with Gasteiger partial charge in [0, 0.05) is 81.8 Å². The van der Waals surface area contributed by atoms with E-state index < -0.39 is 0 Å². The van der Waals surface area contributed by atoms with Crippen LogP contribution in [0.1, 0.15) is 60.2 Å². The monoisotopic (exact) mass is 504 g/mol. The second kappa shape index (κ2) is 11.5. The maximum Gasteiger partial charge on any atom is 0.253 e. The molecule has 1 N–H and O–H groups in total. The molecule has 0 bridgehead atoms. The maximum absolute atomic E-state index is 13.2. The van der Waals surface area contributed by atoms with Gasteiger partial charge in [-0.2, -0.15) is 0 Å². The lowest BCUT2D eigenvalue weighted by Crippen LogP contribution is -2.51. The van der Waals surface area contributed by atoms with Crippen LogP contribution in [0, 0.1) is 0 Å². The van der Waals surface area contributed by atoms with Crippen molar-refractivity contribution >= 4 is 23.3 Å². The normalized spacial score (nSPS) is 19.5. The van der Waals surface area contributed by atoms with E-state index in [1.165, 1.54) is 25.7 Å². The molecule has 1 aromatic carbocycles. The van der Waals surface area contributed by atoms with Crippen molar-refractivity contribution < 1.29 is 9.59 Å². The Morgan fingerprint density at radius 1 is 0.811 bits per heavy atom. The highest BCUT2D eigenvalue weighted by molar-refractivity contribution is 5.98. The molecule has 1 saturated carbocycles. The number of hydrogen-bond acceptors (Lipinski definition) is 6. The average molecular weight is 505 g/mol. The minimum atomic E-state index is 0.0189. The average Bonchev–Trinajstić information content (AvgIpc) is 3.48. The molecule has 1 aliphatic carbocycles. The van der Waals surface area contributed by atoms with Gasteiger partial charge in [-0.15, -0.1) is 0 Å². The molecule has 2 amide bonds. The van der Waals surface area contributed by atoms with Gasteiger partial charge in [-0.25, -0.2) is 4.98 Å². The Bertz CT molecular complexity index is 1070. The number of rotatable bonds is 6. The van der Waals surface area contributed by atoms with E-state index >= 15 is 0 Å². The van der Waals surface area contributed by atoms with Gasteiger partial charge in [0.1, 0.15) is 0 Å². The predicted octanol–water partition coefficient (Wildman–Crippen LogP) is 3.56. The lowest BCUT2D eigenvalue weighted by molar-refractivity contribution is 0.0573. The summed E-state index contributed by atoms with van der Waals surface area (Å²) in [6.07, 6.45) is 7.10. The first kappa shape index (κ1) is 25.5. The molecule has 198 valence electrons. The second-order valence-corrected chi connectivity index (χ2v) is 10.8. The van der Waals surface area contributed by atoms with E-state index in [9.17, 15) is 9.59 Å². The van der Waals surface area contributed by atoms with Gasteiger partial charge < -0.3 is 20.0 Å². The van der Waals surface area contributed by atoms with Crippen molar-refractivity contribution in [3.8, 4) is 0 Å². The summed E-state index contributed by atoms with van der Waals surface area (Å²) < 4.78 is 0. The molecular formula is C29H40N6O2. The third kappa shape index (κ3) is 5.90. The molecule has 3 aliphatic rings. The molecule has 5 rings (SSSR count). The first-order valence-corrected chi connectivity index (χ1v) is 13.9. The number of nitrogens with one attached hydrogen (secondary N) is 1. The van der Waals surface area contributed by atoms with E-state index in [4.69, 9.17) is 0 Å². The summed E-state index contributed by atoms with van der Waals surface area (Å²) in [6, 6.07) is 12.3. The highest BCUT2D eigenvalue weighted by Crippen LogP contribution is 2.26. The number of aromatic nitrogens is 1. The number of carbonyl (C=O) groups is 2. The number of amides is 2. The molecule has 0 radical (unpaired) electrons. The number of nitrogens with zero attached hydrogens (tertiary/aromatic N) is 5. The van der Waals surface area contributed by atoms with Crippen LogP contribution in [0.25, 0.3) is 0 Å². The van der Waals surface area contributed by atoms with Gasteiger partial charge in [0.15, 0.2) is 5.82 Å². The fourth-order valence-corrected chi connectivity index (χ4v) is 5.87. The van der Waals surface area contributed by atoms with Crippen molar-refractivity contribution in [2.45, 2.75) is 51.6 Å². The van der Waals surface area contributed by atoms with E-state index in [1.54, 1.807) is 12.1 Å². The lowest BCUT2D eigenvalue weighted by Gasteiger charge is -2.38. The summed E-state index contributed by atoms with van der Waals surface area (Å²) in [7, 11) is 0. The largest absolute Gasteiger partial charge is 0.380 e. The van der Waals surface area contributed by atoms with Crippen molar-refractivity contribution in [1.82, 2.24) is 19.7 Å². The Labute approximate surface area is 220 Å². The van der Waals surface area contributed by atoms with Crippen molar-refractivity contribution in [3.63, 3.8) is 0 Å². The third-order valence-corrected chi connectivity index (χ3v) is 7.92. The van der Waals surface area contributed by atoms with Gasteiger partial charge in [0.05, 0.1) is 5.69 Å². The predicted molar refractivity (Wildman–Crippen MR) is 147 cm³/mol. The molecule has 0 atom stereocenters. The van der Waals surface area contributed by atoms with Gasteiger partial charge in [-0.3, -0.25) is 14.5 Å². The molecule has 2 aliphatic heterocycles. The molecule has 3 heterocycles. The van der Waals surface area contributed by atoms with Crippen LogP contribution in [-0.4, -0.2) is 95.9 Å². The number of carbonyl (C=O) groups excluding carboxylic acids is 2. The third-order valence-electron chi connectivity index (χ3n) is 7.92. The first-order chi connectivity index (χ1) is 18.0. The molecule has 8 nitrogen and oxygen atoms in total. The van der Waals surface area contributed by atoms with Crippen LogP contribution in [0.2, 0.25) is 0 Å². The Kier molecular flexibility index (Phi) is 7.93. The van der Waals surface area contributed by atoms with Crippen LogP contribution in [0.4, 0.5) is 11.5 Å². The quantitative estimate of drug-likeness (QED) is 0.649. The molecule has 2 saturated heterocycles. The standard InChI is InChI=1S/C29H40N6O2/c1-22(2)31-26-8-5-13-30-27(26)33-16-20-35(21-17-33)29(37)24-11-9-23(10-12-24)28(36)34-18-14-32(15-19-34)25-6-3-4-7-25/h5,8-13,22,25,31H,3-4,6-7,14-21H2,1-2H3. The Morgan fingerprint density at radius 3 is 1.89 bits per heavy atom. The summed E-state index contributed by atoms with van der Waals surface area (Å²) in [5.41, 5.74) is 2.32. The smallest absolute Gasteiger partial charge is 0.253 e. The fraction of sp³-hybridized carbons (Fsp3) is 0.552. The second-order valence-electron chi connectivity index (χ2n) is 10.8. The maximum atomic E-state index is 13.2. The van der Waals surface area contributed by atoms with Gasteiger partial charge in [0.2, 0.25) is 0 Å². The Hall–Kier alpha value is -3.13. The van der Waals surface area contributed by atoms with E-state index in [0.717, 1.165) is 50.8 Å². The molecule has 1 aromatic heterocycles. The van der Waals surface area contributed by atoms with Crippen molar-refractivity contribution in [2.75, 3.05) is 62.6 Å². The zero-order valence-electron chi connectivity index (χ0n) is 22.2. The van der Waals surface area contributed by atoms with E-state index in [-0.39, 0.29) is 11.8 Å². The zero-order valence-corrected chi connectivity index (χ0v) is 22.2. The summed E-state index contributed by atoms with van der Waals surface area (Å²) >= 11 is 0. The van der Waals surface area contributed by atoms with Crippen LogP contribution < -0.4 is 10.2 Å². The van der Waals surface area contributed by atoms with Crippen molar-refractivity contribution in [2.24, 2.45) is 0 Å². The topological polar surface area (TPSA) is 72.0 Å². The highest BCUT2D eigenvalue weighted by atomic mass is 16.2. The van der Waals surface area contributed by atoms with E-state index in [1.807, 2.05) is 34.2 Å². The summed E-state index contributed by atoms with van der Waals surface area (Å²) in [4.78, 5) is 39.5. The fourth-order valence-electron chi connectivity index (χ4n) is 5.87. The first-order valence-electron chi connectivity index (χ1n) is 13.9. The van der Waals surface area contributed by atoms with Crippen molar-refractivity contribution in [1.29, 1.82) is 0 Å². The molecule has 8 heteroatoms. The number of benzene rings is 1. The highest BCUT2D eigenvalue weighted by Gasteiger charge is 2.29. The molecule has 37 heavy (non-hydrogen) atoms. The van der Waals surface area contributed by atoms with Gasteiger partial charge in [-0.1, -0.05) is 12.8 Å². The van der Waals surface area contributed by atoms with E-state index in [2.05, 4.69) is 40.0 Å². The van der Waals surface area contributed by atoms with Crippen LogP contribution in [0.3, 0.4) is 0 Å². The molecular weight excluding hydrogens is 464 g/mol. The SMILES string of the molecule is CC(C)Nc1cccnc1N1CCN(C(=O)c2ccc(C(=O)N3CCN(C4CCCC4)CC3)cc2)CC1. The lowest BCUT2D eigenvalue weighted by atomic mass is 10.1. The van der Waals surface area contributed by atoms with Gasteiger partial charge in [-0.05, 0) is 63.1 Å². The minimum absolute atomic E-state index is 0.0189. The molecule has 3 fully saturated rings. The molecule has 0 spiro atoms. The number of piperazine rings is 2. The zero-order chi connectivity index (χ0) is 25.8. The van der Waals surface area contributed by atoms with E-state index in [0.29, 0.717) is 36.3 Å². The van der Waals surface area contributed by atoms with Crippen molar-refractivity contribution in [3.05, 3.63) is 53.7 Å². The molecule has 2 aromatic rings. The number of hydrogen-bond donors (Lipinski definition) is 1. The van der Waals surface area contributed by atoms with Gasteiger partial charge >= 0.3 is 0 Å². The van der Waals surface area contributed by atoms with Gasteiger partial charge in [0.25, 0.3) is 11.8 Å². The Morgan fingerprint density at radius 2 is 1.35 bits per heavy atom. The summed E-state index contributed by atoms with van der Waals surface area (Å²) in [6.45, 7) is 10.5. The molecule has 0 unspecified atom stereocenters.